The van der Waals surface area contributed by atoms with Gasteiger partial charge in [-0.2, -0.15) is 4.33 Å². The number of ether oxygens (including phenoxy) is 2. The highest BCUT2D eigenvalue weighted by Gasteiger charge is 2.19. The van der Waals surface area contributed by atoms with E-state index in [4.69, 9.17) is 9.47 Å². The summed E-state index contributed by atoms with van der Waals surface area (Å²) in [5.74, 6) is 0.191. The molecule has 7 nitrogen and oxygen atoms in total. The Morgan fingerprint density at radius 3 is 1.69 bits per heavy atom. The lowest BCUT2D eigenvalue weighted by Crippen LogP contribution is -2.15. The van der Waals surface area contributed by atoms with Crippen LogP contribution in [-0.2, 0) is 18.8 Å². The second-order valence-electron chi connectivity index (χ2n) is 8.82. The van der Waals surface area contributed by atoms with Crippen molar-refractivity contribution in [1.29, 1.82) is 0 Å². The van der Waals surface area contributed by atoms with Crippen molar-refractivity contribution in [2.45, 2.75) is 81.9 Å². The Hall–Kier alpha value is -1.61. The SMILES string of the molecule is O=C(OCCC1CCCCC1)c1cc(SOO[O-])cc(C(=O)OCCC2CCCCC2)c1. The molecule has 178 valence electrons. The topological polar surface area (TPSA) is 94.1 Å². The Labute approximate surface area is 194 Å². The van der Waals surface area contributed by atoms with Gasteiger partial charge in [0.15, 0.2) is 0 Å². The van der Waals surface area contributed by atoms with Crippen LogP contribution in [0.3, 0.4) is 0 Å². The molecule has 32 heavy (non-hydrogen) atoms. The number of carbonyl (C=O) groups excluding carboxylic acids is 2. The van der Waals surface area contributed by atoms with Crippen LogP contribution in [0.15, 0.2) is 23.1 Å². The number of hydrogen-bond donors (Lipinski definition) is 0. The molecule has 8 heteroatoms. The number of hydrogen-bond acceptors (Lipinski definition) is 8. The van der Waals surface area contributed by atoms with E-state index in [1.165, 1.54) is 82.4 Å². The van der Waals surface area contributed by atoms with Crippen LogP contribution in [0.1, 0.15) is 97.8 Å². The normalized spacial score (nSPS) is 17.8. The fraction of sp³-hybridized carbons (Fsp3) is 0.667. The number of carbonyl (C=O) groups is 2. The van der Waals surface area contributed by atoms with Gasteiger partial charge in [0, 0.05) is 4.90 Å². The smallest absolute Gasteiger partial charge is 0.338 e. The molecule has 2 aliphatic carbocycles. The Kier molecular flexibility index (Phi) is 10.8. The number of esters is 2. The summed E-state index contributed by atoms with van der Waals surface area (Å²) >= 11 is 0.626. The van der Waals surface area contributed by atoms with E-state index in [1.807, 2.05) is 0 Å². The van der Waals surface area contributed by atoms with Gasteiger partial charge in [-0.1, -0.05) is 64.2 Å². The summed E-state index contributed by atoms with van der Waals surface area (Å²) < 4.78 is 15.3. The molecule has 0 aromatic heterocycles. The van der Waals surface area contributed by atoms with E-state index >= 15 is 0 Å². The molecule has 0 heterocycles. The standard InChI is InChI=1S/C24H34O7S/c25-23(28-13-11-18-7-3-1-4-8-18)20-15-21(17-22(16-20)32-31-30-27)24(26)29-14-12-19-9-5-2-6-10-19/h15-19,27H,1-14H2/p-1. The van der Waals surface area contributed by atoms with Crippen molar-refractivity contribution in [1.82, 2.24) is 0 Å². The van der Waals surface area contributed by atoms with E-state index in [1.54, 1.807) is 0 Å². The van der Waals surface area contributed by atoms with E-state index in [-0.39, 0.29) is 11.1 Å². The third kappa shape index (κ3) is 8.39. The molecule has 0 aliphatic heterocycles. The van der Waals surface area contributed by atoms with Crippen LogP contribution in [0.4, 0.5) is 0 Å². The Balaban J connectivity index is 1.55. The van der Waals surface area contributed by atoms with E-state index in [0.717, 1.165) is 12.8 Å². The van der Waals surface area contributed by atoms with Crippen LogP contribution in [0.25, 0.3) is 0 Å². The van der Waals surface area contributed by atoms with Gasteiger partial charge in [0.1, 0.15) is 0 Å². The molecule has 0 radical (unpaired) electrons. The second kappa shape index (κ2) is 13.8. The van der Waals surface area contributed by atoms with Crippen molar-refractivity contribution in [3.05, 3.63) is 29.3 Å². The maximum absolute atomic E-state index is 12.6. The molecule has 3 rings (SSSR count). The van der Waals surface area contributed by atoms with Crippen LogP contribution in [0.2, 0.25) is 0 Å². The summed E-state index contributed by atoms with van der Waals surface area (Å²) in [6.07, 6.45) is 14.0. The van der Waals surface area contributed by atoms with Crippen molar-refractivity contribution >= 4 is 24.0 Å². The Morgan fingerprint density at radius 2 is 1.25 bits per heavy atom. The summed E-state index contributed by atoms with van der Waals surface area (Å²) in [6, 6.07) is 4.48. The van der Waals surface area contributed by atoms with Crippen LogP contribution in [0.5, 0.6) is 0 Å². The van der Waals surface area contributed by atoms with Crippen molar-refractivity contribution in [2.75, 3.05) is 13.2 Å². The van der Waals surface area contributed by atoms with Gasteiger partial charge in [-0.15, -0.1) is 0 Å². The maximum Gasteiger partial charge on any atom is 0.338 e. The summed E-state index contributed by atoms with van der Waals surface area (Å²) in [4.78, 5) is 25.6. The molecule has 0 atom stereocenters. The van der Waals surface area contributed by atoms with Gasteiger partial charge in [-0.25, -0.2) is 9.59 Å². The molecule has 1 aromatic rings. The average molecular weight is 466 g/mol. The van der Waals surface area contributed by atoms with Crippen molar-refractivity contribution in [2.24, 2.45) is 11.8 Å². The van der Waals surface area contributed by atoms with Crippen LogP contribution in [0, 0.1) is 11.8 Å². The molecule has 1 aromatic carbocycles. The van der Waals surface area contributed by atoms with Gasteiger partial charge >= 0.3 is 11.9 Å². The minimum absolute atomic E-state index is 0.215. The van der Waals surface area contributed by atoms with E-state index in [9.17, 15) is 14.8 Å². The summed E-state index contributed by atoms with van der Waals surface area (Å²) in [6.45, 7) is 0.699. The minimum atomic E-state index is -0.512. The molecule has 2 aliphatic rings. The lowest BCUT2D eigenvalue weighted by molar-refractivity contribution is -0.777. The first kappa shape index (κ1) is 25.0. The fourth-order valence-corrected chi connectivity index (χ4v) is 5.15. The highest BCUT2D eigenvalue weighted by atomic mass is 32.2. The molecular weight excluding hydrogens is 432 g/mol. The summed E-state index contributed by atoms with van der Waals surface area (Å²) in [5.41, 5.74) is 0.430. The van der Waals surface area contributed by atoms with Gasteiger partial charge in [-0.3, -0.25) is 5.04 Å². The van der Waals surface area contributed by atoms with Crippen molar-refractivity contribution in [3.63, 3.8) is 0 Å². The zero-order valence-corrected chi connectivity index (χ0v) is 19.4. The van der Waals surface area contributed by atoms with Crippen LogP contribution in [-0.4, -0.2) is 25.2 Å². The molecule has 0 unspecified atom stereocenters. The van der Waals surface area contributed by atoms with Gasteiger partial charge in [0.2, 0.25) is 0 Å². The molecule has 2 fully saturated rings. The fourth-order valence-electron chi connectivity index (χ4n) is 4.69. The van der Waals surface area contributed by atoms with E-state index < -0.39 is 11.9 Å². The average Bonchev–Trinajstić information content (AvgIpc) is 2.83. The minimum Gasteiger partial charge on any atom is -0.691 e. The van der Waals surface area contributed by atoms with Gasteiger partial charge in [-0.05, 0) is 42.9 Å². The summed E-state index contributed by atoms with van der Waals surface area (Å²) in [7, 11) is 0. The quantitative estimate of drug-likeness (QED) is 0.191. The maximum atomic E-state index is 12.6. The highest BCUT2D eigenvalue weighted by Crippen LogP contribution is 2.28. The Morgan fingerprint density at radius 1 is 0.781 bits per heavy atom. The predicted molar refractivity (Wildman–Crippen MR) is 117 cm³/mol. The van der Waals surface area contributed by atoms with Crippen molar-refractivity contribution in [3.8, 4) is 0 Å². The number of rotatable bonds is 11. The second-order valence-corrected chi connectivity index (χ2v) is 9.60. The third-order valence-corrected chi connectivity index (χ3v) is 7.06. The lowest BCUT2D eigenvalue weighted by atomic mass is 9.87. The molecule has 0 spiro atoms. The number of benzene rings is 1. The zero-order chi connectivity index (χ0) is 22.6. The molecule has 0 bridgehead atoms. The van der Waals surface area contributed by atoms with E-state index in [2.05, 4.69) is 9.37 Å². The molecular formula is C24H33O7S-. The first-order valence-electron chi connectivity index (χ1n) is 11.8. The first-order chi connectivity index (χ1) is 15.7. The monoisotopic (exact) mass is 465 g/mol. The summed E-state index contributed by atoms with van der Waals surface area (Å²) in [5, 5.41) is 13.6. The zero-order valence-electron chi connectivity index (χ0n) is 18.6. The third-order valence-electron chi connectivity index (χ3n) is 6.50. The lowest BCUT2D eigenvalue weighted by Gasteiger charge is -2.21. The van der Waals surface area contributed by atoms with Crippen molar-refractivity contribution < 1.29 is 33.7 Å². The molecule has 0 N–H and O–H groups in total. The highest BCUT2D eigenvalue weighted by molar-refractivity contribution is 7.94. The van der Waals surface area contributed by atoms with Gasteiger partial charge in [0.25, 0.3) is 0 Å². The largest absolute Gasteiger partial charge is 0.691 e. The molecule has 0 saturated heterocycles. The molecule has 0 amide bonds. The van der Waals surface area contributed by atoms with Gasteiger partial charge < -0.3 is 14.7 Å². The van der Waals surface area contributed by atoms with Gasteiger partial charge in [0.05, 0.1) is 36.4 Å². The first-order valence-corrected chi connectivity index (χ1v) is 12.5. The van der Waals surface area contributed by atoms with Crippen LogP contribution < -0.4 is 5.26 Å². The Bertz CT molecular complexity index is 673. The molecule has 2 saturated carbocycles. The van der Waals surface area contributed by atoms with E-state index in [0.29, 0.717) is 42.0 Å². The predicted octanol–water partition coefficient (Wildman–Crippen LogP) is 5.17. The van der Waals surface area contributed by atoms with Crippen LogP contribution >= 0.6 is 12.0 Å².